The number of nitriles is 1. The fraction of sp³-hybridized carbons (Fsp3) is 0.115. The molecule has 6 nitrogen and oxygen atoms in total. The number of amides is 2. The highest BCUT2D eigenvalue weighted by Crippen LogP contribution is 2.17. The maximum Gasteiger partial charge on any atom is 0.266 e. The van der Waals surface area contributed by atoms with Crippen LogP contribution in [0.15, 0.2) is 78.4 Å². The number of anilines is 2. The van der Waals surface area contributed by atoms with Gasteiger partial charge in [0.15, 0.2) is 6.61 Å². The zero-order chi connectivity index (χ0) is 22.9. The molecule has 0 aliphatic heterocycles. The zero-order valence-corrected chi connectivity index (χ0v) is 17.9. The lowest BCUT2D eigenvalue weighted by Crippen LogP contribution is -2.20. The van der Waals surface area contributed by atoms with Crippen molar-refractivity contribution in [2.75, 3.05) is 17.2 Å². The molecule has 3 aromatic rings. The molecular formula is C26H23N3O3. The molecule has 6 heteroatoms. The molecule has 0 fully saturated rings. The summed E-state index contributed by atoms with van der Waals surface area (Å²) < 4.78 is 5.56. The number of carbonyl (C=O) groups is 2. The summed E-state index contributed by atoms with van der Waals surface area (Å²) in [6.07, 6.45) is 1.47. The predicted octanol–water partition coefficient (Wildman–Crippen LogP) is 4.87. The average Bonchev–Trinajstić information content (AvgIpc) is 2.79. The van der Waals surface area contributed by atoms with Gasteiger partial charge in [0.05, 0.1) is 0 Å². The van der Waals surface area contributed by atoms with E-state index < -0.39 is 5.91 Å². The highest BCUT2D eigenvalue weighted by Gasteiger charge is 2.10. The molecule has 160 valence electrons. The lowest BCUT2D eigenvalue weighted by atomic mass is 10.1. The van der Waals surface area contributed by atoms with Gasteiger partial charge in [-0.3, -0.25) is 9.59 Å². The van der Waals surface area contributed by atoms with E-state index in [0.717, 1.165) is 11.1 Å². The fourth-order valence-corrected chi connectivity index (χ4v) is 2.83. The molecular weight excluding hydrogens is 402 g/mol. The first-order valence-electron chi connectivity index (χ1n) is 10.0. The quantitative estimate of drug-likeness (QED) is 0.417. The van der Waals surface area contributed by atoms with Crippen LogP contribution in [0.1, 0.15) is 16.7 Å². The second-order valence-corrected chi connectivity index (χ2v) is 7.27. The Balaban J connectivity index is 1.62. The number of nitrogens with zero attached hydrogens (tertiary/aromatic N) is 1. The van der Waals surface area contributed by atoms with Crippen molar-refractivity contribution in [1.29, 1.82) is 5.26 Å². The van der Waals surface area contributed by atoms with E-state index in [4.69, 9.17) is 4.74 Å². The number of rotatable bonds is 7. The van der Waals surface area contributed by atoms with E-state index in [2.05, 4.69) is 10.6 Å². The highest BCUT2D eigenvalue weighted by molar-refractivity contribution is 6.09. The van der Waals surface area contributed by atoms with Crippen molar-refractivity contribution in [1.82, 2.24) is 0 Å². The third-order valence-corrected chi connectivity index (χ3v) is 4.55. The Kier molecular flexibility index (Phi) is 7.39. The van der Waals surface area contributed by atoms with Gasteiger partial charge in [0.1, 0.15) is 17.4 Å². The van der Waals surface area contributed by atoms with Gasteiger partial charge in [-0.15, -0.1) is 0 Å². The van der Waals surface area contributed by atoms with E-state index >= 15 is 0 Å². The summed E-state index contributed by atoms with van der Waals surface area (Å²) in [5.41, 5.74) is 4.05. The Bertz CT molecular complexity index is 1170. The Morgan fingerprint density at radius 3 is 2.09 bits per heavy atom. The van der Waals surface area contributed by atoms with Gasteiger partial charge in [0.2, 0.25) is 0 Å². The smallest absolute Gasteiger partial charge is 0.266 e. The Morgan fingerprint density at radius 1 is 0.906 bits per heavy atom. The monoisotopic (exact) mass is 425 g/mol. The zero-order valence-electron chi connectivity index (χ0n) is 17.9. The van der Waals surface area contributed by atoms with Crippen molar-refractivity contribution in [2.45, 2.75) is 13.8 Å². The molecule has 0 unspecified atom stereocenters. The molecule has 0 aliphatic carbocycles. The summed E-state index contributed by atoms with van der Waals surface area (Å²) in [6.45, 7) is 3.76. The molecule has 0 aromatic heterocycles. The van der Waals surface area contributed by atoms with Crippen molar-refractivity contribution in [2.24, 2.45) is 0 Å². The molecule has 0 radical (unpaired) electrons. The molecule has 0 spiro atoms. The molecule has 2 N–H and O–H groups in total. The van der Waals surface area contributed by atoms with Crippen LogP contribution in [0.3, 0.4) is 0 Å². The second kappa shape index (κ2) is 10.6. The van der Waals surface area contributed by atoms with Crippen LogP contribution in [0.4, 0.5) is 11.4 Å². The van der Waals surface area contributed by atoms with Gasteiger partial charge < -0.3 is 15.4 Å². The number of carbonyl (C=O) groups excluding carboxylic acids is 2. The Morgan fingerprint density at radius 2 is 1.50 bits per heavy atom. The summed E-state index contributed by atoms with van der Waals surface area (Å²) in [5, 5.41) is 14.9. The number of aryl methyl sites for hydroxylation is 2. The minimum atomic E-state index is -0.500. The number of hydrogen-bond donors (Lipinski definition) is 2. The van der Waals surface area contributed by atoms with Gasteiger partial charge in [0.25, 0.3) is 11.8 Å². The summed E-state index contributed by atoms with van der Waals surface area (Å²) in [5.74, 6) is -0.334. The maximum atomic E-state index is 12.4. The van der Waals surface area contributed by atoms with Crippen LogP contribution in [0.5, 0.6) is 5.75 Å². The topological polar surface area (TPSA) is 91.2 Å². The first-order chi connectivity index (χ1) is 15.4. The van der Waals surface area contributed by atoms with E-state index in [9.17, 15) is 14.9 Å². The molecule has 0 atom stereocenters. The van der Waals surface area contributed by atoms with Gasteiger partial charge in [-0.1, -0.05) is 47.5 Å². The molecule has 3 aromatic carbocycles. The van der Waals surface area contributed by atoms with E-state index in [1.807, 2.05) is 56.3 Å². The van der Waals surface area contributed by atoms with Crippen molar-refractivity contribution in [3.8, 4) is 11.8 Å². The molecule has 0 heterocycles. The second-order valence-electron chi connectivity index (χ2n) is 7.27. The summed E-state index contributed by atoms with van der Waals surface area (Å²) >= 11 is 0. The molecule has 0 saturated carbocycles. The first kappa shape index (κ1) is 22.3. The lowest BCUT2D eigenvalue weighted by molar-refractivity contribution is -0.118. The van der Waals surface area contributed by atoms with Crippen LogP contribution in [0, 0.1) is 25.2 Å². The van der Waals surface area contributed by atoms with Gasteiger partial charge in [-0.25, -0.2) is 0 Å². The van der Waals surface area contributed by atoms with Crippen LogP contribution in [0.25, 0.3) is 6.08 Å². The maximum absolute atomic E-state index is 12.4. The minimum Gasteiger partial charge on any atom is -0.484 e. The molecule has 3 rings (SSSR count). The van der Waals surface area contributed by atoms with Crippen LogP contribution < -0.4 is 15.4 Å². The third kappa shape index (κ3) is 6.57. The molecule has 0 bridgehead atoms. The number of nitrogens with one attached hydrogen (secondary N) is 2. The first-order valence-corrected chi connectivity index (χ1v) is 10.0. The van der Waals surface area contributed by atoms with Crippen LogP contribution in [-0.4, -0.2) is 18.4 Å². The van der Waals surface area contributed by atoms with E-state index in [0.29, 0.717) is 22.7 Å². The normalized spacial score (nSPS) is 10.7. The molecule has 2 amide bonds. The molecule has 0 saturated heterocycles. The summed E-state index contributed by atoms with van der Waals surface area (Å²) in [7, 11) is 0. The number of ether oxygens (including phenoxy) is 1. The average molecular weight is 425 g/mol. The van der Waals surface area contributed by atoms with Gasteiger partial charge in [-0.2, -0.15) is 5.26 Å². The Labute approximate surface area is 187 Å². The summed E-state index contributed by atoms with van der Waals surface area (Å²) in [4.78, 5) is 24.6. The number of benzene rings is 3. The van der Waals surface area contributed by atoms with Crippen molar-refractivity contribution in [3.63, 3.8) is 0 Å². The van der Waals surface area contributed by atoms with Gasteiger partial charge in [0, 0.05) is 11.4 Å². The van der Waals surface area contributed by atoms with Crippen LogP contribution in [-0.2, 0) is 9.59 Å². The standard InChI is InChI=1S/C26H23N3O3/c1-18-6-10-22(11-7-18)28-25(30)17-32-24-5-3-4-20(15-24)14-21(16-27)26(31)29-23-12-8-19(2)9-13-23/h3-15H,17H2,1-2H3,(H,28,30)(H,29,31)/b21-14-. The van der Waals surface area contributed by atoms with Crippen molar-refractivity contribution in [3.05, 3.63) is 95.1 Å². The number of hydrogen-bond acceptors (Lipinski definition) is 4. The predicted molar refractivity (Wildman–Crippen MR) is 125 cm³/mol. The highest BCUT2D eigenvalue weighted by atomic mass is 16.5. The van der Waals surface area contributed by atoms with Gasteiger partial charge in [-0.05, 0) is 61.9 Å². The van der Waals surface area contributed by atoms with Crippen molar-refractivity contribution < 1.29 is 14.3 Å². The third-order valence-electron chi connectivity index (χ3n) is 4.55. The fourth-order valence-electron chi connectivity index (χ4n) is 2.83. The molecule has 32 heavy (non-hydrogen) atoms. The SMILES string of the molecule is Cc1ccc(NC(=O)COc2cccc(/C=C(/C#N)C(=O)Nc3ccc(C)cc3)c2)cc1. The Hall–Kier alpha value is -4.37. The van der Waals surface area contributed by atoms with E-state index in [1.165, 1.54) is 6.08 Å². The molecule has 0 aliphatic rings. The minimum absolute atomic E-state index is 0.0418. The summed E-state index contributed by atoms with van der Waals surface area (Å²) in [6, 6.07) is 23.5. The lowest BCUT2D eigenvalue weighted by Gasteiger charge is -2.09. The van der Waals surface area contributed by atoms with E-state index in [-0.39, 0.29) is 18.1 Å². The van der Waals surface area contributed by atoms with E-state index in [1.54, 1.807) is 36.4 Å². The van der Waals surface area contributed by atoms with Crippen LogP contribution in [0.2, 0.25) is 0 Å². The largest absolute Gasteiger partial charge is 0.484 e. The van der Waals surface area contributed by atoms with Crippen LogP contribution >= 0.6 is 0 Å². The van der Waals surface area contributed by atoms with Crippen molar-refractivity contribution >= 4 is 29.3 Å². The van der Waals surface area contributed by atoms with Gasteiger partial charge >= 0.3 is 0 Å².